The first-order valence-corrected chi connectivity index (χ1v) is 8.94. The van der Waals surface area contributed by atoms with Crippen LogP contribution in [0.2, 0.25) is 0 Å². The summed E-state index contributed by atoms with van der Waals surface area (Å²) in [5.41, 5.74) is -1.58. The van der Waals surface area contributed by atoms with Crippen molar-refractivity contribution in [1.82, 2.24) is 14.5 Å². The molecule has 7 heteroatoms. The number of nitrogens with zero attached hydrogens (tertiary/aromatic N) is 3. The van der Waals surface area contributed by atoms with Crippen molar-refractivity contribution in [2.45, 2.75) is 51.1 Å². The Kier molecular flexibility index (Phi) is 5.39. The molecule has 1 aliphatic rings. The molecule has 0 bridgehead atoms. The van der Waals surface area contributed by atoms with Gasteiger partial charge < -0.3 is 9.67 Å². The van der Waals surface area contributed by atoms with Gasteiger partial charge in [-0.3, -0.25) is 4.90 Å². The minimum Gasteiger partial charge on any atom is -0.385 e. The SMILES string of the molecule is CCCn1ccnc1CN1CCC(O)(c2cccc(C(F)(F)F)c2)CC1. The van der Waals surface area contributed by atoms with E-state index in [-0.39, 0.29) is 0 Å². The number of hydrogen-bond acceptors (Lipinski definition) is 3. The highest BCUT2D eigenvalue weighted by Gasteiger charge is 2.37. The number of imidazole rings is 1. The Bertz CT molecular complexity index is 734. The molecule has 1 saturated heterocycles. The molecule has 1 fully saturated rings. The molecule has 2 aromatic rings. The number of halogens is 3. The van der Waals surface area contributed by atoms with E-state index in [2.05, 4.69) is 21.4 Å². The zero-order chi connectivity index (χ0) is 18.8. The van der Waals surface area contributed by atoms with Crippen LogP contribution >= 0.6 is 0 Å². The van der Waals surface area contributed by atoms with Crippen LogP contribution in [0, 0.1) is 0 Å². The van der Waals surface area contributed by atoms with Gasteiger partial charge in [0.2, 0.25) is 0 Å². The van der Waals surface area contributed by atoms with Crippen LogP contribution in [0.25, 0.3) is 0 Å². The van der Waals surface area contributed by atoms with Gasteiger partial charge in [0.15, 0.2) is 0 Å². The summed E-state index contributed by atoms with van der Waals surface area (Å²) >= 11 is 0. The van der Waals surface area contributed by atoms with Crippen LogP contribution in [0.15, 0.2) is 36.7 Å². The summed E-state index contributed by atoms with van der Waals surface area (Å²) in [6.07, 6.45) is 1.18. The molecule has 1 aromatic heterocycles. The summed E-state index contributed by atoms with van der Waals surface area (Å²) in [5.74, 6) is 0.983. The Morgan fingerprint density at radius 3 is 2.62 bits per heavy atom. The Morgan fingerprint density at radius 1 is 1.23 bits per heavy atom. The second kappa shape index (κ2) is 7.40. The predicted molar refractivity (Wildman–Crippen MR) is 92.4 cm³/mol. The van der Waals surface area contributed by atoms with E-state index in [0.29, 0.717) is 38.0 Å². The maximum absolute atomic E-state index is 12.9. The highest BCUT2D eigenvalue weighted by Crippen LogP contribution is 2.36. The number of piperidine rings is 1. The fourth-order valence-corrected chi connectivity index (χ4v) is 3.49. The van der Waals surface area contributed by atoms with Crippen molar-refractivity contribution in [3.05, 3.63) is 53.6 Å². The average molecular weight is 367 g/mol. The molecule has 0 amide bonds. The van der Waals surface area contributed by atoms with Gasteiger partial charge in [0, 0.05) is 32.0 Å². The van der Waals surface area contributed by atoms with Gasteiger partial charge in [-0.05, 0) is 37.0 Å². The third-order valence-electron chi connectivity index (χ3n) is 5.04. The first-order valence-electron chi connectivity index (χ1n) is 8.94. The molecule has 0 unspecified atom stereocenters. The Labute approximate surface area is 151 Å². The number of likely N-dealkylation sites (tertiary alicyclic amines) is 1. The molecular weight excluding hydrogens is 343 g/mol. The number of benzene rings is 1. The van der Waals surface area contributed by atoms with Crippen LogP contribution in [0.4, 0.5) is 13.2 Å². The summed E-state index contributed by atoms with van der Waals surface area (Å²) in [6.45, 7) is 4.94. The maximum Gasteiger partial charge on any atom is 0.416 e. The molecule has 4 nitrogen and oxygen atoms in total. The number of alkyl halides is 3. The van der Waals surface area contributed by atoms with Crippen LogP contribution in [0.5, 0.6) is 0 Å². The number of hydrogen-bond donors (Lipinski definition) is 1. The van der Waals surface area contributed by atoms with E-state index < -0.39 is 17.3 Å². The molecule has 0 atom stereocenters. The van der Waals surface area contributed by atoms with E-state index in [0.717, 1.165) is 30.9 Å². The van der Waals surface area contributed by atoms with Gasteiger partial charge in [-0.2, -0.15) is 13.2 Å². The van der Waals surface area contributed by atoms with Crippen molar-refractivity contribution < 1.29 is 18.3 Å². The normalized spacial score (nSPS) is 18.2. The quantitative estimate of drug-likeness (QED) is 0.874. The molecule has 1 aromatic carbocycles. The standard InChI is InChI=1S/C19H24F3N3O/c1-2-9-25-12-8-23-17(25)14-24-10-6-18(26,7-11-24)15-4-3-5-16(13-15)19(20,21)22/h3-5,8,12-13,26H,2,6-7,9-11,14H2,1H3. The molecule has 142 valence electrons. The molecule has 0 saturated carbocycles. The predicted octanol–water partition coefficient (Wildman–Crippen LogP) is 3.80. The molecule has 0 radical (unpaired) electrons. The maximum atomic E-state index is 12.9. The van der Waals surface area contributed by atoms with Crippen LogP contribution in [-0.2, 0) is 24.9 Å². The summed E-state index contributed by atoms with van der Waals surface area (Å²) in [5, 5.41) is 10.9. The number of aryl methyl sites for hydroxylation is 1. The second-order valence-corrected chi connectivity index (χ2v) is 6.92. The van der Waals surface area contributed by atoms with E-state index in [4.69, 9.17) is 0 Å². The van der Waals surface area contributed by atoms with Gasteiger partial charge in [-0.1, -0.05) is 19.1 Å². The van der Waals surface area contributed by atoms with Crippen LogP contribution in [-0.4, -0.2) is 32.6 Å². The lowest BCUT2D eigenvalue weighted by atomic mass is 9.83. The van der Waals surface area contributed by atoms with E-state index in [1.165, 1.54) is 6.07 Å². The van der Waals surface area contributed by atoms with Gasteiger partial charge >= 0.3 is 6.18 Å². The largest absolute Gasteiger partial charge is 0.416 e. The van der Waals surface area contributed by atoms with Crippen LogP contribution in [0.1, 0.15) is 43.1 Å². The molecule has 1 aliphatic heterocycles. The number of aliphatic hydroxyl groups is 1. The summed E-state index contributed by atoms with van der Waals surface area (Å²) in [7, 11) is 0. The zero-order valence-electron chi connectivity index (χ0n) is 14.8. The highest BCUT2D eigenvalue weighted by atomic mass is 19.4. The lowest BCUT2D eigenvalue weighted by Crippen LogP contribution is -2.42. The third kappa shape index (κ3) is 4.10. The lowest BCUT2D eigenvalue weighted by molar-refractivity contribution is -0.137. The Hall–Kier alpha value is -1.86. The average Bonchev–Trinajstić information content (AvgIpc) is 3.04. The van der Waals surface area contributed by atoms with Crippen LogP contribution < -0.4 is 0 Å². The van der Waals surface area contributed by atoms with E-state index in [1.54, 1.807) is 12.3 Å². The van der Waals surface area contributed by atoms with Crippen LogP contribution in [0.3, 0.4) is 0 Å². The van der Waals surface area contributed by atoms with Crippen molar-refractivity contribution in [3.8, 4) is 0 Å². The molecule has 2 heterocycles. The van der Waals surface area contributed by atoms with E-state index in [1.807, 2.05) is 6.20 Å². The molecule has 1 N–H and O–H groups in total. The van der Waals surface area contributed by atoms with Gasteiger partial charge in [-0.25, -0.2) is 4.98 Å². The molecule has 26 heavy (non-hydrogen) atoms. The topological polar surface area (TPSA) is 41.3 Å². The van der Waals surface area contributed by atoms with Gasteiger partial charge in [0.25, 0.3) is 0 Å². The van der Waals surface area contributed by atoms with Crippen molar-refractivity contribution in [2.75, 3.05) is 13.1 Å². The molecule has 3 rings (SSSR count). The van der Waals surface area contributed by atoms with Crippen molar-refractivity contribution in [2.24, 2.45) is 0 Å². The first kappa shape index (κ1) is 18.9. The fourth-order valence-electron chi connectivity index (χ4n) is 3.49. The number of rotatable bonds is 5. The minimum absolute atomic E-state index is 0.347. The highest BCUT2D eigenvalue weighted by molar-refractivity contribution is 5.30. The monoisotopic (exact) mass is 367 g/mol. The van der Waals surface area contributed by atoms with Crippen molar-refractivity contribution in [3.63, 3.8) is 0 Å². The van der Waals surface area contributed by atoms with Crippen molar-refractivity contribution >= 4 is 0 Å². The summed E-state index contributed by atoms with van der Waals surface area (Å²) < 4.78 is 40.9. The Morgan fingerprint density at radius 2 is 1.96 bits per heavy atom. The molecular formula is C19H24F3N3O. The van der Waals surface area contributed by atoms with Gasteiger partial charge in [-0.15, -0.1) is 0 Å². The third-order valence-corrected chi connectivity index (χ3v) is 5.04. The molecule has 0 aliphatic carbocycles. The smallest absolute Gasteiger partial charge is 0.385 e. The Balaban J connectivity index is 1.66. The number of aromatic nitrogens is 2. The first-order chi connectivity index (χ1) is 12.3. The zero-order valence-corrected chi connectivity index (χ0v) is 14.8. The summed E-state index contributed by atoms with van der Waals surface area (Å²) in [4.78, 5) is 6.59. The molecule has 0 spiro atoms. The minimum atomic E-state index is -4.40. The second-order valence-electron chi connectivity index (χ2n) is 6.92. The van der Waals surface area contributed by atoms with Crippen molar-refractivity contribution in [1.29, 1.82) is 0 Å². The van der Waals surface area contributed by atoms with E-state index in [9.17, 15) is 18.3 Å². The van der Waals surface area contributed by atoms with Gasteiger partial charge in [0.1, 0.15) is 5.82 Å². The fraction of sp³-hybridized carbons (Fsp3) is 0.526. The van der Waals surface area contributed by atoms with Gasteiger partial charge in [0.05, 0.1) is 17.7 Å². The summed E-state index contributed by atoms with van der Waals surface area (Å²) in [6, 6.07) is 5.06. The van der Waals surface area contributed by atoms with E-state index >= 15 is 0 Å². The lowest BCUT2D eigenvalue weighted by Gasteiger charge is -2.38.